The van der Waals surface area contributed by atoms with Gasteiger partial charge in [-0.3, -0.25) is 9.69 Å². The van der Waals surface area contributed by atoms with E-state index in [1.165, 1.54) is 6.42 Å². The molecule has 0 unspecified atom stereocenters. The maximum absolute atomic E-state index is 10.2. The van der Waals surface area contributed by atoms with E-state index in [2.05, 4.69) is 31.0 Å². The number of carboxylic acids is 1. The lowest BCUT2D eigenvalue weighted by Crippen LogP contribution is -2.39. The molecule has 0 aromatic heterocycles. The van der Waals surface area contributed by atoms with Gasteiger partial charge in [0.15, 0.2) is 0 Å². The van der Waals surface area contributed by atoms with Gasteiger partial charge in [0.25, 0.3) is 0 Å². The molecule has 0 aromatic rings. The Balaban J connectivity index is 0. The van der Waals surface area contributed by atoms with E-state index in [9.17, 15) is 4.79 Å². The molecule has 25 heavy (non-hydrogen) atoms. The SMILES string of the molecule is CC(C)(C)CCCCCC(=O)O.NCCNCCN(CCN)CCN. The van der Waals surface area contributed by atoms with Gasteiger partial charge in [0.05, 0.1) is 0 Å². The number of hydrogen-bond donors (Lipinski definition) is 5. The second-order valence-electron chi connectivity index (χ2n) is 7.47. The molecular formula is C18H43N5O2. The molecule has 7 heteroatoms. The molecule has 0 spiro atoms. The van der Waals surface area contributed by atoms with Crippen LogP contribution in [0, 0.1) is 5.41 Å². The van der Waals surface area contributed by atoms with Crippen molar-refractivity contribution in [1.29, 1.82) is 0 Å². The van der Waals surface area contributed by atoms with Crippen molar-refractivity contribution in [1.82, 2.24) is 10.2 Å². The maximum atomic E-state index is 10.2. The average molecular weight is 362 g/mol. The molecule has 0 heterocycles. The summed E-state index contributed by atoms with van der Waals surface area (Å²) >= 11 is 0. The Morgan fingerprint density at radius 1 is 0.920 bits per heavy atom. The van der Waals surface area contributed by atoms with Crippen molar-refractivity contribution in [3.05, 3.63) is 0 Å². The first-order chi connectivity index (χ1) is 11.8. The summed E-state index contributed by atoms with van der Waals surface area (Å²) in [6.07, 6.45) is 4.53. The summed E-state index contributed by atoms with van der Waals surface area (Å²) in [5.41, 5.74) is 16.7. The van der Waals surface area contributed by atoms with Gasteiger partial charge >= 0.3 is 5.97 Å². The van der Waals surface area contributed by atoms with Crippen LogP contribution in [-0.4, -0.2) is 68.3 Å². The molecule has 0 rings (SSSR count). The minimum atomic E-state index is -0.675. The molecule has 8 N–H and O–H groups in total. The first-order valence-corrected chi connectivity index (χ1v) is 9.52. The number of unbranched alkanes of at least 4 members (excludes halogenated alkanes) is 2. The predicted octanol–water partition coefficient (Wildman–Crippen LogP) is 0.822. The number of carbonyl (C=O) groups is 1. The molecule has 0 bridgehead atoms. The van der Waals surface area contributed by atoms with Crippen LogP contribution < -0.4 is 22.5 Å². The molecule has 0 saturated heterocycles. The van der Waals surface area contributed by atoms with Crippen molar-refractivity contribution in [2.75, 3.05) is 52.4 Å². The summed E-state index contributed by atoms with van der Waals surface area (Å²) in [5.74, 6) is -0.675. The van der Waals surface area contributed by atoms with E-state index < -0.39 is 5.97 Å². The topological polar surface area (TPSA) is 131 Å². The summed E-state index contributed by atoms with van der Waals surface area (Å²) in [6.45, 7) is 13.4. The van der Waals surface area contributed by atoms with E-state index in [0.717, 1.165) is 52.0 Å². The Morgan fingerprint density at radius 2 is 1.52 bits per heavy atom. The zero-order chi connectivity index (χ0) is 19.6. The highest BCUT2D eigenvalue weighted by Gasteiger charge is 2.08. The summed E-state index contributed by atoms with van der Waals surface area (Å²) in [6, 6.07) is 0. The van der Waals surface area contributed by atoms with Crippen molar-refractivity contribution in [2.24, 2.45) is 22.6 Å². The van der Waals surface area contributed by atoms with Gasteiger partial charge in [0.2, 0.25) is 0 Å². The summed E-state index contributed by atoms with van der Waals surface area (Å²) in [4.78, 5) is 12.4. The number of aliphatic carboxylic acids is 1. The molecule has 0 atom stereocenters. The molecule has 0 amide bonds. The first kappa shape index (κ1) is 26.5. The quantitative estimate of drug-likeness (QED) is 0.289. The average Bonchev–Trinajstić information content (AvgIpc) is 2.51. The van der Waals surface area contributed by atoms with Gasteiger partial charge in [-0.2, -0.15) is 0 Å². The number of hydrogen-bond acceptors (Lipinski definition) is 6. The third kappa shape index (κ3) is 25.6. The van der Waals surface area contributed by atoms with Crippen molar-refractivity contribution in [3.63, 3.8) is 0 Å². The van der Waals surface area contributed by atoms with Gasteiger partial charge in [0.1, 0.15) is 0 Å². The van der Waals surface area contributed by atoms with E-state index in [-0.39, 0.29) is 0 Å². The Morgan fingerprint density at radius 3 is 1.96 bits per heavy atom. The van der Waals surface area contributed by atoms with Gasteiger partial charge in [-0.15, -0.1) is 0 Å². The fourth-order valence-corrected chi connectivity index (χ4v) is 2.27. The molecule has 0 fully saturated rings. The van der Waals surface area contributed by atoms with Gasteiger partial charge in [-0.25, -0.2) is 0 Å². The van der Waals surface area contributed by atoms with Crippen LogP contribution in [0.2, 0.25) is 0 Å². The molecule has 0 aliphatic heterocycles. The number of nitrogens with zero attached hydrogens (tertiary/aromatic N) is 1. The van der Waals surface area contributed by atoms with Crippen molar-refractivity contribution in [2.45, 2.75) is 52.9 Å². The van der Waals surface area contributed by atoms with E-state index in [4.69, 9.17) is 22.3 Å². The second kappa shape index (κ2) is 18.1. The molecule has 0 aliphatic carbocycles. The summed E-state index contributed by atoms with van der Waals surface area (Å²) < 4.78 is 0. The van der Waals surface area contributed by atoms with Gasteiger partial charge in [-0.05, 0) is 18.3 Å². The second-order valence-corrected chi connectivity index (χ2v) is 7.47. The van der Waals surface area contributed by atoms with E-state index >= 15 is 0 Å². The summed E-state index contributed by atoms with van der Waals surface area (Å²) in [7, 11) is 0. The molecule has 0 saturated carbocycles. The Labute approximate surface area is 154 Å². The zero-order valence-electron chi connectivity index (χ0n) is 16.7. The maximum Gasteiger partial charge on any atom is 0.303 e. The normalized spacial score (nSPS) is 11.3. The predicted molar refractivity (Wildman–Crippen MR) is 107 cm³/mol. The van der Waals surface area contributed by atoms with Crippen LogP contribution in [0.5, 0.6) is 0 Å². The number of nitrogens with one attached hydrogen (secondary N) is 1. The van der Waals surface area contributed by atoms with Crippen LogP contribution in [0.3, 0.4) is 0 Å². The number of carboxylic acid groups (broad SMARTS) is 1. The fraction of sp³-hybridized carbons (Fsp3) is 0.944. The van der Waals surface area contributed by atoms with Gasteiger partial charge in [-0.1, -0.05) is 33.6 Å². The molecule has 0 aliphatic rings. The van der Waals surface area contributed by atoms with Crippen LogP contribution in [-0.2, 0) is 4.79 Å². The van der Waals surface area contributed by atoms with Crippen LogP contribution in [0.15, 0.2) is 0 Å². The van der Waals surface area contributed by atoms with Crippen LogP contribution in [0.4, 0.5) is 0 Å². The standard InChI is InChI=1S/C10H20O2.C8H23N5/c1-10(2,3)8-6-4-5-7-9(11)12;9-1-4-12-5-8-13(6-2-10)7-3-11/h4-8H2,1-3H3,(H,11,12);12H,1-11H2. The molecule has 7 nitrogen and oxygen atoms in total. The third-order valence-corrected chi connectivity index (χ3v) is 3.63. The van der Waals surface area contributed by atoms with Crippen LogP contribution in [0.25, 0.3) is 0 Å². The zero-order valence-corrected chi connectivity index (χ0v) is 16.7. The molecule has 0 aromatic carbocycles. The highest BCUT2D eigenvalue weighted by Crippen LogP contribution is 2.22. The Bertz CT molecular complexity index is 290. The third-order valence-electron chi connectivity index (χ3n) is 3.63. The lowest BCUT2D eigenvalue weighted by molar-refractivity contribution is -0.137. The van der Waals surface area contributed by atoms with Crippen LogP contribution in [0.1, 0.15) is 52.9 Å². The van der Waals surface area contributed by atoms with Crippen molar-refractivity contribution < 1.29 is 9.90 Å². The minimum Gasteiger partial charge on any atom is -0.481 e. The highest BCUT2D eigenvalue weighted by atomic mass is 16.4. The largest absolute Gasteiger partial charge is 0.481 e. The van der Waals surface area contributed by atoms with E-state index in [0.29, 0.717) is 31.5 Å². The summed E-state index contributed by atoms with van der Waals surface area (Å²) in [5, 5.41) is 11.6. The smallest absolute Gasteiger partial charge is 0.303 e. The number of nitrogens with two attached hydrogens (primary N) is 3. The number of rotatable bonds is 14. The van der Waals surface area contributed by atoms with Crippen molar-refractivity contribution >= 4 is 5.97 Å². The van der Waals surface area contributed by atoms with Gasteiger partial charge < -0.3 is 27.6 Å². The monoisotopic (exact) mass is 361 g/mol. The lowest BCUT2D eigenvalue weighted by atomic mass is 9.89. The molecular weight excluding hydrogens is 318 g/mol. The van der Waals surface area contributed by atoms with Crippen LogP contribution >= 0.6 is 0 Å². The Kier molecular flexibility index (Phi) is 19.2. The van der Waals surface area contributed by atoms with Crippen molar-refractivity contribution in [3.8, 4) is 0 Å². The Hall–Kier alpha value is -0.730. The lowest BCUT2D eigenvalue weighted by Gasteiger charge is -2.20. The van der Waals surface area contributed by atoms with E-state index in [1.807, 2.05) is 0 Å². The molecule has 0 radical (unpaired) electrons. The van der Waals surface area contributed by atoms with Gasteiger partial charge in [0, 0.05) is 58.8 Å². The highest BCUT2D eigenvalue weighted by molar-refractivity contribution is 5.66. The van der Waals surface area contributed by atoms with E-state index in [1.54, 1.807) is 0 Å². The fourth-order valence-electron chi connectivity index (χ4n) is 2.27. The minimum absolute atomic E-state index is 0.324. The molecule has 152 valence electrons. The first-order valence-electron chi connectivity index (χ1n) is 9.52.